The number of nitrogens with zero attached hydrogens (tertiary/aromatic N) is 4. The summed E-state index contributed by atoms with van der Waals surface area (Å²) in [5.74, 6) is 1.41. The largest absolute Gasteiger partial charge is 0.363 e. The molecule has 2 heterocycles. The predicted molar refractivity (Wildman–Crippen MR) is 95.2 cm³/mol. The second-order valence-electron chi connectivity index (χ2n) is 6.26. The molecule has 0 fully saturated rings. The number of fused-ring (bicyclic) bond motifs is 1. The van der Waals surface area contributed by atoms with Crippen LogP contribution in [0.15, 0.2) is 12.1 Å². The zero-order chi connectivity index (χ0) is 17.6. The van der Waals surface area contributed by atoms with Gasteiger partial charge in [0.1, 0.15) is 5.82 Å². The summed E-state index contributed by atoms with van der Waals surface area (Å²) in [4.78, 5) is 17.2. The van der Waals surface area contributed by atoms with E-state index < -0.39 is 4.92 Å². The Morgan fingerprint density at radius 2 is 1.92 bits per heavy atom. The van der Waals surface area contributed by atoms with Gasteiger partial charge in [0.05, 0.1) is 32.9 Å². The molecule has 8 heteroatoms. The highest BCUT2D eigenvalue weighted by Gasteiger charge is 2.27. The minimum absolute atomic E-state index is 0.105. The van der Waals surface area contributed by atoms with Crippen LogP contribution in [0.2, 0.25) is 10.0 Å². The first kappa shape index (κ1) is 17.0. The number of hydrogen-bond donors (Lipinski definition) is 0. The molecular weight excluding hydrogens is 351 g/mol. The molecule has 1 aromatic heterocycles. The Labute approximate surface area is 150 Å². The van der Waals surface area contributed by atoms with Gasteiger partial charge in [-0.1, -0.05) is 37.0 Å². The second-order valence-corrected chi connectivity index (χ2v) is 7.08. The number of halogens is 2. The van der Waals surface area contributed by atoms with Gasteiger partial charge in [0.15, 0.2) is 0 Å². The van der Waals surface area contributed by atoms with E-state index in [1.807, 2.05) is 11.9 Å². The lowest BCUT2D eigenvalue weighted by Crippen LogP contribution is -2.31. The molecule has 0 spiro atoms. The Bertz CT molecular complexity index is 794. The van der Waals surface area contributed by atoms with Crippen LogP contribution in [0.1, 0.15) is 37.0 Å². The van der Waals surface area contributed by atoms with E-state index in [0.29, 0.717) is 18.2 Å². The topological polar surface area (TPSA) is 64.2 Å². The number of non-ortho nitro benzene ring substituents is 1. The molecule has 3 rings (SSSR count). The quantitative estimate of drug-likeness (QED) is 0.597. The van der Waals surface area contributed by atoms with Crippen molar-refractivity contribution in [2.75, 3.05) is 11.4 Å². The zero-order valence-corrected chi connectivity index (χ0v) is 15.2. The van der Waals surface area contributed by atoms with E-state index in [1.54, 1.807) is 0 Å². The minimum atomic E-state index is -0.497. The van der Waals surface area contributed by atoms with Gasteiger partial charge in [0.2, 0.25) is 0 Å². The van der Waals surface area contributed by atoms with Crippen LogP contribution in [-0.4, -0.2) is 21.0 Å². The molecule has 0 aliphatic carbocycles. The number of imidazole rings is 1. The Hall–Kier alpha value is -1.79. The standard InChI is InChI=1S/C16H18Cl2N4O2/c1-9(2)16-19-13-8-21(5-4-14(13)20(16)3)15-11(17)6-10(22(23)24)7-12(15)18/h6-7,9H,4-5,8H2,1-3H3. The molecule has 0 N–H and O–H groups in total. The van der Waals surface area contributed by atoms with Crippen molar-refractivity contribution < 1.29 is 4.92 Å². The summed E-state index contributed by atoms with van der Waals surface area (Å²) in [6, 6.07) is 2.69. The van der Waals surface area contributed by atoms with Gasteiger partial charge in [-0.15, -0.1) is 0 Å². The normalized spacial score (nSPS) is 14.2. The molecule has 2 aromatic rings. The van der Waals surface area contributed by atoms with E-state index in [4.69, 9.17) is 28.2 Å². The average Bonchev–Trinajstić information content (AvgIpc) is 2.83. The summed E-state index contributed by atoms with van der Waals surface area (Å²) < 4.78 is 2.16. The van der Waals surface area contributed by atoms with Crippen molar-refractivity contribution >= 4 is 34.6 Å². The molecular formula is C16H18Cl2N4O2. The lowest BCUT2D eigenvalue weighted by Gasteiger charge is -2.30. The third-order valence-electron chi connectivity index (χ3n) is 4.34. The molecule has 1 aliphatic rings. The van der Waals surface area contributed by atoms with Crippen LogP contribution in [-0.2, 0) is 20.0 Å². The van der Waals surface area contributed by atoms with Gasteiger partial charge in [-0.2, -0.15) is 0 Å². The summed E-state index contributed by atoms with van der Waals surface area (Å²) >= 11 is 12.5. The van der Waals surface area contributed by atoms with Gasteiger partial charge in [0.25, 0.3) is 5.69 Å². The summed E-state index contributed by atoms with van der Waals surface area (Å²) in [7, 11) is 2.04. The van der Waals surface area contributed by atoms with Gasteiger partial charge in [-0.3, -0.25) is 10.1 Å². The Morgan fingerprint density at radius 3 is 2.46 bits per heavy atom. The fraction of sp³-hybridized carbons (Fsp3) is 0.438. The van der Waals surface area contributed by atoms with E-state index in [2.05, 4.69) is 18.4 Å². The molecule has 24 heavy (non-hydrogen) atoms. The molecule has 0 unspecified atom stereocenters. The summed E-state index contributed by atoms with van der Waals surface area (Å²) in [6.07, 6.45) is 0.829. The summed E-state index contributed by atoms with van der Waals surface area (Å²) in [5.41, 5.74) is 2.76. The smallest absolute Gasteiger partial charge is 0.272 e. The second kappa shape index (κ2) is 6.26. The highest BCUT2D eigenvalue weighted by molar-refractivity contribution is 6.39. The van der Waals surface area contributed by atoms with E-state index in [-0.39, 0.29) is 15.7 Å². The Kier molecular flexibility index (Phi) is 4.44. The van der Waals surface area contributed by atoms with Crippen molar-refractivity contribution in [2.24, 2.45) is 7.05 Å². The number of nitro benzene ring substituents is 1. The molecule has 1 aliphatic heterocycles. The fourth-order valence-corrected chi connectivity index (χ4v) is 3.93. The Morgan fingerprint density at radius 1 is 1.29 bits per heavy atom. The zero-order valence-electron chi connectivity index (χ0n) is 13.7. The van der Waals surface area contributed by atoms with Crippen LogP contribution >= 0.6 is 23.2 Å². The van der Waals surface area contributed by atoms with Gasteiger partial charge in [0, 0.05) is 43.8 Å². The molecule has 1 aromatic carbocycles. The van der Waals surface area contributed by atoms with Crippen LogP contribution in [0.3, 0.4) is 0 Å². The first-order valence-electron chi connectivity index (χ1n) is 7.72. The van der Waals surface area contributed by atoms with Crippen LogP contribution in [0.4, 0.5) is 11.4 Å². The van der Waals surface area contributed by atoms with Crippen molar-refractivity contribution in [3.05, 3.63) is 49.5 Å². The molecule has 0 saturated carbocycles. The molecule has 0 saturated heterocycles. The highest BCUT2D eigenvalue weighted by atomic mass is 35.5. The summed E-state index contributed by atoms with van der Waals surface area (Å²) in [6.45, 7) is 5.57. The monoisotopic (exact) mass is 368 g/mol. The maximum absolute atomic E-state index is 10.9. The van der Waals surface area contributed by atoms with E-state index >= 15 is 0 Å². The van der Waals surface area contributed by atoms with E-state index in [0.717, 1.165) is 24.5 Å². The van der Waals surface area contributed by atoms with Gasteiger partial charge < -0.3 is 9.47 Å². The molecule has 0 radical (unpaired) electrons. The van der Waals surface area contributed by atoms with Crippen LogP contribution < -0.4 is 4.90 Å². The number of rotatable bonds is 3. The van der Waals surface area contributed by atoms with Gasteiger partial charge in [-0.05, 0) is 0 Å². The van der Waals surface area contributed by atoms with Crippen molar-refractivity contribution in [2.45, 2.75) is 32.7 Å². The maximum Gasteiger partial charge on any atom is 0.272 e. The third-order valence-corrected chi connectivity index (χ3v) is 4.91. The molecule has 0 bridgehead atoms. The number of nitro groups is 1. The molecule has 6 nitrogen and oxygen atoms in total. The van der Waals surface area contributed by atoms with Crippen LogP contribution in [0, 0.1) is 10.1 Å². The Balaban J connectivity index is 1.96. The van der Waals surface area contributed by atoms with Crippen LogP contribution in [0.5, 0.6) is 0 Å². The molecule has 0 atom stereocenters. The summed E-state index contributed by atoms with van der Waals surface area (Å²) in [5, 5.41) is 11.5. The van der Waals surface area contributed by atoms with Crippen molar-refractivity contribution in [1.29, 1.82) is 0 Å². The number of benzene rings is 1. The SMILES string of the molecule is CC(C)c1nc2c(n1C)CCN(c1c(Cl)cc([N+](=O)[O-])cc1Cl)C2. The lowest BCUT2D eigenvalue weighted by molar-refractivity contribution is -0.384. The van der Waals surface area contributed by atoms with Gasteiger partial charge >= 0.3 is 0 Å². The first-order valence-corrected chi connectivity index (χ1v) is 8.48. The maximum atomic E-state index is 10.9. The van der Waals surface area contributed by atoms with Crippen LogP contribution in [0.25, 0.3) is 0 Å². The number of anilines is 1. The van der Waals surface area contributed by atoms with Crippen molar-refractivity contribution in [1.82, 2.24) is 9.55 Å². The average molecular weight is 369 g/mol. The number of hydrogen-bond acceptors (Lipinski definition) is 4. The first-order chi connectivity index (χ1) is 11.3. The van der Waals surface area contributed by atoms with E-state index in [9.17, 15) is 10.1 Å². The molecule has 128 valence electrons. The number of aromatic nitrogens is 2. The predicted octanol–water partition coefficient (Wildman–Crippen LogP) is 4.32. The van der Waals surface area contributed by atoms with Crippen molar-refractivity contribution in [3.63, 3.8) is 0 Å². The fourth-order valence-electron chi connectivity index (χ4n) is 3.22. The highest BCUT2D eigenvalue weighted by Crippen LogP contribution is 2.39. The van der Waals surface area contributed by atoms with Crippen molar-refractivity contribution in [3.8, 4) is 0 Å². The third kappa shape index (κ3) is 2.84. The van der Waals surface area contributed by atoms with E-state index in [1.165, 1.54) is 17.8 Å². The lowest BCUT2D eigenvalue weighted by atomic mass is 10.1. The van der Waals surface area contributed by atoms with Gasteiger partial charge in [-0.25, -0.2) is 4.98 Å². The molecule has 0 amide bonds. The minimum Gasteiger partial charge on any atom is -0.363 e.